The van der Waals surface area contributed by atoms with Gasteiger partial charge in [-0.15, -0.1) is 0 Å². The van der Waals surface area contributed by atoms with E-state index in [1.165, 1.54) is 0 Å². The summed E-state index contributed by atoms with van der Waals surface area (Å²) in [4.78, 5) is 30.4. The van der Waals surface area contributed by atoms with Crippen LogP contribution in [0.2, 0.25) is 0 Å². The summed E-state index contributed by atoms with van der Waals surface area (Å²) in [6.45, 7) is 11.1. The third kappa shape index (κ3) is 4.78. The highest BCUT2D eigenvalue weighted by Crippen LogP contribution is 2.43. The fraction of sp³-hybridized carbons (Fsp3) is 0.429. The van der Waals surface area contributed by atoms with Gasteiger partial charge in [0, 0.05) is 30.6 Å². The maximum absolute atomic E-state index is 13.4. The molecule has 35 heavy (non-hydrogen) atoms. The molecule has 7 nitrogen and oxygen atoms in total. The number of rotatable bonds is 9. The SMILES string of the molecule is CCOc1ccccc1C1C(=C(O)c2ccc3c(c2)CC(C)O3)C(=O)C(=O)N1CCN(CC)CC. The minimum atomic E-state index is -0.739. The third-order valence-corrected chi connectivity index (χ3v) is 6.77. The third-order valence-electron chi connectivity index (χ3n) is 6.77. The number of likely N-dealkylation sites (N-methyl/N-ethyl adjacent to an activating group) is 1. The van der Waals surface area contributed by atoms with Crippen molar-refractivity contribution in [3.8, 4) is 11.5 Å². The number of carbonyl (C=O) groups excluding carboxylic acids is 2. The summed E-state index contributed by atoms with van der Waals surface area (Å²) >= 11 is 0. The van der Waals surface area contributed by atoms with Gasteiger partial charge in [-0.2, -0.15) is 0 Å². The molecule has 1 saturated heterocycles. The number of fused-ring (bicyclic) bond motifs is 1. The molecule has 0 radical (unpaired) electrons. The fourth-order valence-electron chi connectivity index (χ4n) is 4.94. The molecule has 4 rings (SSSR count). The highest BCUT2D eigenvalue weighted by Gasteiger charge is 2.47. The number of nitrogens with zero attached hydrogens (tertiary/aromatic N) is 2. The summed E-state index contributed by atoms with van der Waals surface area (Å²) in [7, 11) is 0. The van der Waals surface area contributed by atoms with E-state index >= 15 is 0 Å². The van der Waals surface area contributed by atoms with Crippen LogP contribution in [0.25, 0.3) is 5.76 Å². The number of hydrogen-bond acceptors (Lipinski definition) is 6. The minimum Gasteiger partial charge on any atom is -0.507 e. The molecular formula is C28H34N2O5. The number of ether oxygens (including phenoxy) is 2. The molecule has 7 heteroatoms. The molecule has 1 amide bonds. The molecule has 2 atom stereocenters. The summed E-state index contributed by atoms with van der Waals surface area (Å²) in [5.41, 5.74) is 2.26. The predicted octanol–water partition coefficient (Wildman–Crippen LogP) is 4.17. The van der Waals surface area contributed by atoms with E-state index in [1.807, 2.05) is 50.2 Å². The van der Waals surface area contributed by atoms with Crippen LogP contribution >= 0.6 is 0 Å². The molecule has 1 fully saturated rings. The van der Waals surface area contributed by atoms with Crippen LogP contribution < -0.4 is 9.47 Å². The van der Waals surface area contributed by atoms with E-state index in [2.05, 4.69) is 18.7 Å². The number of amides is 1. The quantitative estimate of drug-likeness (QED) is 0.331. The van der Waals surface area contributed by atoms with Gasteiger partial charge in [0.15, 0.2) is 0 Å². The lowest BCUT2D eigenvalue weighted by molar-refractivity contribution is -0.140. The first kappa shape index (κ1) is 24.8. The Bertz CT molecular complexity index is 1140. The molecule has 0 saturated carbocycles. The van der Waals surface area contributed by atoms with Crippen molar-refractivity contribution in [2.75, 3.05) is 32.8 Å². The van der Waals surface area contributed by atoms with Crippen molar-refractivity contribution in [2.24, 2.45) is 0 Å². The average Bonchev–Trinajstić information content (AvgIpc) is 3.35. The van der Waals surface area contributed by atoms with E-state index in [0.29, 0.717) is 36.6 Å². The lowest BCUT2D eigenvalue weighted by Gasteiger charge is -2.29. The van der Waals surface area contributed by atoms with Gasteiger partial charge in [-0.3, -0.25) is 9.59 Å². The van der Waals surface area contributed by atoms with Crippen LogP contribution in [-0.2, 0) is 16.0 Å². The van der Waals surface area contributed by atoms with Crippen LogP contribution in [-0.4, -0.2) is 65.5 Å². The van der Waals surface area contributed by atoms with Gasteiger partial charge in [-0.25, -0.2) is 0 Å². The number of Topliss-reactive ketones (excluding diaryl/α,β-unsaturated/α-hetero) is 1. The topological polar surface area (TPSA) is 79.3 Å². The van der Waals surface area contributed by atoms with Crippen LogP contribution in [0.4, 0.5) is 0 Å². The van der Waals surface area contributed by atoms with Crippen molar-refractivity contribution in [2.45, 2.75) is 46.3 Å². The van der Waals surface area contributed by atoms with Gasteiger partial charge >= 0.3 is 0 Å². The second-order valence-electron chi connectivity index (χ2n) is 8.95. The Morgan fingerprint density at radius 1 is 1.14 bits per heavy atom. The van der Waals surface area contributed by atoms with Gasteiger partial charge in [-0.1, -0.05) is 32.0 Å². The number of likely N-dealkylation sites (tertiary alicyclic amines) is 1. The Kier molecular flexibility index (Phi) is 7.45. The highest BCUT2D eigenvalue weighted by atomic mass is 16.5. The molecule has 0 spiro atoms. The van der Waals surface area contributed by atoms with E-state index in [-0.39, 0.29) is 17.4 Å². The summed E-state index contributed by atoms with van der Waals surface area (Å²) < 4.78 is 11.6. The first-order valence-corrected chi connectivity index (χ1v) is 12.4. The highest BCUT2D eigenvalue weighted by molar-refractivity contribution is 6.46. The van der Waals surface area contributed by atoms with E-state index in [4.69, 9.17) is 9.47 Å². The second kappa shape index (κ2) is 10.5. The zero-order valence-electron chi connectivity index (χ0n) is 20.9. The molecular weight excluding hydrogens is 444 g/mol. The number of carbonyl (C=O) groups is 2. The number of benzene rings is 2. The smallest absolute Gasteiger partial charge is 0.295 e. The summed E-state index contributed by atoms with van der Waals surface area (Å²) in [6.07, 6.45) is 0.789. The number of aliphatic hydroxyl groups excluding tert-OH is 1. The summed E-state index contributed by atoms with van der Waals surface area (Å²) in [5, 5.41) is 11.4. The monoisotopic (exact) mass is 478 g/mol. The molecule has 2 aromatic carbocycles. The van der Waals surface area contributed by atoms with Crippen LogP contribution in [0.15, 0.2) is 48.0 Å². The van der Waals surface area contributed by atoms with E-state index in [1.54, 1.807) is 11.0 Å². The normalized spacial score (nSPS) is 20.9. The van der Waals surface area contributed by atoms with Crippen molar-refractivity contribution in [3.63, 3.8) is 0 Å². The van der Waals surface area contributed by atoms with Crippen LogP contribution in [0.1, 0.15) is 50.4 Å². The number of hydrogen-bond donors (Lipinski definition) is 1. The van der Waals surface area contributed by atoms with Gasteiger partial charge < -0.3 is 24.4 Å². The zero-order valence-corrected chi connectivity index (χ0v) is 20.9. The molecule has 2 aliphatic rings. The number of aliphatic hydroxyl groups is 1. The average molecular weight is 479 g/mol. The zero-order chi connectivity index (χ0) is 25.1. The van der Waals surface area contributed by atoms with E-state index < -0.39 is 17.7 Å². The Hall–Kier alpha value is -3.32. The lowest BCUT2D eigenvalue weighted by atomic mass is 9.94. The Balaban J connectivity index is 1.82. The Labute approximate surface area is 206 Å². The number of ketones is 1. The van der Waals surface area contributed by atoms with Gasteiger partial charge in [0.1, 0.15) is 23.4 Å². The van der Waals surface area contributed by atoms with Crippen molar-refractivity contribution in [3.05, 3.63) is 64.7 Å². The largest absolute Gasteiger partial charge is 0.507 e. The first-order chi connectivity index (χ1) is 16.9. The molecule has 0 aromatic heterocycles. The van der Waals surface area contributed by atoms with Crippen LogP contribution in [0.3, 0.4) is 0 Å². The van der Waals surface area contributed by atoms with Crippen molar-refractivity contribution in [1.82, 2.24) is 9.80 Å². The Morgan fingerprint density at radius 3 is 2.60 bits per heavy atom. The molecule has 0 bridgehead atoms. The minimum absolute atomic E-state index is 0.0612. The number of para-hydroxylation sites is 1. The van der Waals surface area contributed by atoms with Gasteiger partial charge in [0.05, 0.1) is 18.2 Å². The second-order valence-corrected chi connectivity index (χ2v) is 8.95. The standard InChI is InChI=1S/C28H34N2O5/c1-5-29(6-2)14-15-30-25(21-10-8-9-11-23(21)34-7-3)24(27(32)28(30)33)26(31)19-12-13-22-20(17-19)16-18(4)35-22/h8-13,17-18,25,31H,5-7,14-16H2,1-4H3. The van der Waals surface area contributed by atoms with Crippen molar-refractivity contribution in [1.29, 1.82) is 0 Å². The fourth-order valence-corrected chi connectivity index (χ4v) is 4.94. The molecule has 2 aromatic rings. The summed E-state index contributed by atoms with van der Waals surface area (Å²) in [6, 6.07) is 12.1. The first-order valence-electron chi connectivity index (χ1n) is 12.4. The van der Waals surface area contributed by atoms with Crippen molar-refractivity contribution < 1.29 is 24.2 Å². The van der Waals surface area contributed by atoms with Crippen LogP contribution in [0.5, 0.6) is 11.5 Å². The maximum Gasteiger partial charge on any atom is 0.295 e. The molecule has 2 heterocycles. The molecule has 0 aliphatic carbocycles. The predicted molar refractivity (Wildman–Crippen MR) is 135 cm³/mol. The van der Waals surface area contributed by atoms with Gasteiger partial charge in [0.2, 0.25) is 0 Å². The van der Waals surface area contributed by atoms with Crippen molar-refractivity contribution >= 4 is 17.4 Å². The molecule has 2 aliphatic heterocycles. The molecule has 2 unspecified atom stereocenters. The molecule has 186 valence electrons. The van der Waals surface area contributed by atoms with Crippen LogP contribution in [0, 0.1) is 0 Å². The molecule has 1 N–H and O–H groups in total. The van der Waals surface area contributed by atoms with Gasteiger partial charge in [-0.05, 0) is 56.8 Å². The van der Waals surface area contributed by atoms with E-state index in [9.17, 15) is 14.7 Å². The Morgan fingerprint density at radius 2 is 1.89 bits per heavy atom. The lowest BCUT2D eigenvalue weighted by Crippen LogP contribution is -2.38. The maximum atomic E-state index is 13.4. The van der Waals surface area contributed by atoms with E-state index in [0.717, 1.165) is 30.8 Å². The van der Waals surface area contributed by atoms with Gasteiger partial charge in [0.25, 0.3) is 11.7 Å². The summed E-state index contributed by atoms with van der Waals surface area (Å²) in [5.74, 6) is -0.0762.